The Morgan fingerprint density at radius 1 is 1.25 bits per heavy atom. The van der Waals surface area contributed by atoms with Crippen molar-refractivity contribution in [3.63, 3.8) is 0 Å². The maximum atomic E-state index is 13.4. The molecule has 0 aliphatic heterocycles. The third-order valence-electron chi connectivity index (χ3n) is 3.27. The van der Waals surface area contributed by atoms with Gasteiger partial charge in [0.2, 0.25) is 0 Å². The van der Waals surface area contributed by atoms with Gasteiger partial charge in [0.05, 0.1) is 6.10 Å². The molecule has 1 aromatic carbocycles. The molecule has 0 aliphatic carbocycles. The van der Waals surface area contributed by atoms with Crippen LogP contribution in [0.25, 0.3) is 0 Å². The molecule has 1 unspecified atom stereocenters. The number of halogens is 2. The second kappa shape index (κ2) is 4.91. The van der Waals surface area contributed by atoms with E-state index in [4.69, 9.17) is 0 Å². The first kappa shape index (κ1) is 13.1. The number of hydrogen-bond donors (Lipinski definition) is 1. The van der Waals surface area contributed by atoms with Crippen molar-refractivity contribution in [1.82, 2.24) is 0 Å². The van der Waals surface area contributed by atoms with Crippen LogP contribution in [0.5, 0.6) is 0 Å². The van der Waals surface area contributed by atoms with Gasteiger partial charge in [0.25, 0.3) is 0 Å². The second-order valence-corrected chi connectivity index (χ2v) is 4.76. The van der Waals surface area contributed by atoms with E-state index in [1.807, 2.05) is 20.8 Å². The van der Waals surface area contributed by atoms with E-state index < -0.39 is 17.7 Å². The Bertz CT molecular complexity index is 341. The van der Waals surface area contributed by atoms with Gasteiger partial charge in [0.15, 0.2) is 0 Å². The van der Waals surface area contributed by atoms with Crippen LogP contribution >= 0.6 is 0 Å². The Balaban J connectivity index is 2.89. The van der Waals surface area contributed by atoms with Crippen LogP contribution in [0, 0.1) is 17.0 Å². The molecule has 1 rings (SSSR count). The van der Waals surface area contributed by atoms with Crippen LogP contribution in [0.4, 0.5) is 8.78 Å². The van der Waals surface area contributed by atoms with Crippen LogP contribution < -0.4 is 0 Å². The van der Waals surface area contributed by atoms with E-state index in [0.717, 1.165) is 6.42 Å². The smallest absolute Gasteiger partial charge is 0.129 e. The zero-order chi connectivity index (χ0) is 12.3. The summed E-state index contributed by atoms with van der Waals surface area (Å²) in [5.41, 5.74) is -0.370. The maximum absolute atomic E-state index is 13.4. The molecular formula is C13H18F2O. The molecule has 1 atom stereocenters. The molecule has 3 heteroatoms. The van der Waals surface area contributed by atoms with Crippen molar-refractivity contribution in [3.05, 3.63) is 35.4 Å². The van der Waals surface area contributed by atoms with Crippen molar-refractivity contribution in [1.29, 1.82) is 0 Å². The van der Waals surface area contributed by atoms with Crippen LogP contribution in [0.3, 0.4) is 0 Å². The third-order valence-corrected chi connectivity index (χ3v) is 3.27. The highest BCUT2D eigenvalue weighted by atomic mass is 19.1. The largest absolute Gasteiger partial charge is 0.392 e. The fourth-order valence-electron chi connectivity index (χ4n) is 1.43. The average molecular weight is 228 g/mol. The zero-order valence-corrected chi connectivity index (χ0v) is 9.93. The van der Waals surface area contributed by atoms with Crippen molar-refractivity contribution >= 4 is 0 Å². The topological polar surface area (TPSA) is 20.2 Å². The van der Waals surface area contributed by atoms with E-state index in [2.05, 4.69) is 0 Å². The first-order chi connectivity index (χ1) is 7.38. The molecule has 0 heterocycles. The summed E-state index contributed by atoms with van der Waals surface area (Å²) in [4.78, 5) is 0. The SMILES string of the molecule is CCC(C)(C)C(O)Cc1c(F)cccc1F. The van der Waals surface area contributed by atoms with Gasteiger partial charge in [-0.2, -0.15) is 0 Å². The maximum Gasteiger partial charge on any atom is 0.129 e. The summed E-state index contributed by atoms with van der Waals surface area (Å²) >= 11 is 0. The first-order valence-corrected chi connectivity index (χ1v) is 5.49. The average Bonchev–Trinajstić information content (AvgIpc) is 2.23. The molecule has 0 bridgehead atoms. The Morgan fingerprint density at radius 2 is 1.75 bits per heavy atom. The lowest BCUT2D eigenvalue weighted by atomic mass is 9.81. The molecule has 0 amide bonds. The van der Waals surface area contributed by atoms with Crippen molar-refractivity contribution in [3.8, 4) is 0 Å². The van der Waals surface area contributed by atoms with Gasteiger partial charge in [-0.3, -0.25) is 0 Å². The van der Waals surface area contributed by atoms with E-state index in [-0.39, 0.29) is 17.4 Å². The van der Waals surface area contributed by atoms with Crippen molar-refractivity contribution in [2.24, 2.45) is 5.41 Å². The summed E-state index contributed by atoms with van der Waals surface area (Å²) in [7, 11) is 0. The molecule has 0 saturated heterocycles. The number of aliphatic hydroxyl groups is 1. The van der Waals surface area contributed by atoms with Gasteiger partial charge in [-0.1, -0.05) is 26.8 Å². The summed E-state index contributed by atoms with van der Waals surface area (Å²) < 4.78 is 26.7. The number of rotatable bonds is 4. The van der Waals surface area contributed by atoms with Crippen LogP contribution in [0.15, 0.2) is 18.2 Å². The van der Waals surface area contributed by atoms with E-state index in [1.54, 1.807) is 0 Å². The monoisotopic (exact) mass is 228 g/mol. The summed E-state index contributed by atoms with van der Waals surface area (Å²) in [5.74, 6) is -1.18. The Labute approximate surface area is 95.1 Å². The fraction of sp³-hybridized carbons (Fsp3) is 0.538. The zero-order valence-electron chi connectivity index (χ0n) is 9.93. The van der Waals surface area contributed by atoms with E-state index in [9.17, 15) is 13.9 Å². The molecule has 0 aromatic heterocycles. The molecule has 1 aromatic rings. The van der Waals surface area contributed by atoms with Crippen molar-refractivity contribution in [2.45, 2.75) is 39.7 Å². The quantitative estimate of drug-likeness (QED) is 0.838. The highest BCUT2D eigenvalue weighted by molar-refractivity contribution is 5.20. The minimum Gasteiger partial charge on any atom is -0.392 e. The lowest BCUT2D eigenvalue weighted by molar-refractivity contribution is 0.0465. The minimum absolute atomic E-state index is 0.0132. The Hall–Kier alpha value is -0.960. The minimum atomic E-state index is -0.746. The van der Waals surface area contributed by atoms with Crippen LogP contribution in [-0.4, -0.2) is 11.2 Å². The second-order valence-electron chi connectivity index (χ2n) is 4.76. The number of aliphatic hydroxyl groups excluding tert-OH is 1. The van der Waals surface area contributed by atoms with Crippen molar-refractivity contribution in [2.75, 3.05) is 0 Å². The van der Waals surface area contributed by atoms with Crippen molar-refractivity contribution < 1.29 is 13.9 Å². The molecule has 0 radical (unpaired) electrons. The molecule has 0 saturated carbocycles. The normalized spacial score (nSPS) is 13.9. The van der Waals surface area contributed by atoms with Gasteiger partial charge in [0.1, 0.15) is 11.6 Å². The molecule has 0 fully saturated rings. The molecule has 90 valence electrons. The third kappa shape index (κ3) is 2.79. The number of hydrogen-bond acceptors (Lipinski definition) is 1. The van der Waals surface area contributed by atoms with E-state index in [1.165, 1.54) is 18.2 Å². The van der Waals surface area contributed by atoms with Gasteiger partial charge in [-0.05, 0) is 24.0 Å². The molecule has 16 heavy (non-hydrogen) atoms. The first-order valence-electron chi connectivity index (χ1n) is 5.49. The van der Waals surface area contributed by atoms with Crippen LogP contribution in [0.1, 0.15) is 32.8 Å². The van der Waals surface area contributed by atoms with Crippen LogP contribution in [-0.2, 0) is 6.42 Å². The van der Waals surface area contributed by atoms with Gasteiger partial charge >= 0.3 is 0 Å². The van der Waals surface area contributed by atoms with Gasteiger partial charge in [0, 0.05) is 12.0 Å². The van der Waals surface area contributed by atoms with Gasteiger partial charge in [-0.15, -0.1) is 0 Å². The van der Waals surface area contributed by atoms with Gasteiger partial charge < -0.3 is 5.11 Å². The highest BCUT2D eigenvalue weighted by Crippen LogP contribution is 2.28. The fourth-order valence-corrected chi connectivity index (χ4v) is 1.43. The summed E-state index contributed by atoms with van der Waals surface area (Å²) in [6.07, 6.45) is 0.0211. The standard InChI is InChI=1S/C13H18F2O/c1-4-13(2,3)12(16)8-9-10(14)6-5-7-11(9)15/h5-7,12,16H,4,8H2,1-3H3. The summed E-state index contributed by atoms with van der Waals surface area (Å²) in [6.45, 7) is 5.72. The number of benzene rings is 1. The van der Waals surface area contributed by atoms with E-state index >= 15 is 0 Å². The predicted octanol–water partition coefficient (Wildman–Crippen LogP) is 3.30. The lowest BCUT2D eigenvalue weighted by Crippen LogP contribution is -2.31. The molecule has 1 nitrogen and oxygen atoms in total. The molecule has 0 spiro atoms. The summed E-state index contributed by atoms with van der Waals surface area (Å²) in [5, 5.41) is 9.95. The highest BCUT2D eigenvalue weighted by Gasteiger charge is 2.27. The van der Waals surface area contributed by atoms with E-state index in [0.29, 0.717) is 0 Å². The Morgan fingerprint density at radius 3 is 2.19 bits per heavy atom. The molecule has 1 N–H and O–H groups in total. The molecule has 0 aliphatic rings. The summed E-state index contributed by atoms with van der Waals surface area (Å²) in [6, 6.07) is 3.75. The predicted molar refractivity (Wildman–Crippen MR) is 60.1 cm³/mol. The Kier molecular flexibility index (Phi) is 4.03. The van der Waals surface area contributed by atoms with Crippen LogP contribution in [0.2, 0.25) is 0 Å². The van der Waals surface area contributed by atoms with Gasteiger partial charge in [-0.25, -0.2) is 8.78 Å². The lowest BCUT2D eigenvalue weighted by Gasteiger charge is -2.29. The molecular weight excluding hydrogens is 210 g/mol.